The molecular weight excluding hydrogens is 428 g/mol. The summed E-state index contributed by atoms with van der Waals surface area (Å²) in [6.07, 6.45) is 1.02. The van der Waals surface area contributed by atoms with E-state index in [1.54, 1.807) is 40.0 Å². The van der Waals surface area contributed by atoms with E-state index in [0.29, 0.717) is 5.82 Å². The molecular formula is C24H30N2O5S. The zero-order chi connectivity index (χ0) is 23.7. The normalized spacial score (nSPS) is 13.0. The van der Waals surface area contributed by atoms with E-state index in [-0.39, 0.29) is 29.4 Å². The summed E-state index contributed by atoms with van der Waals surface area (Å²) in [6.45, 7) is 8.82. The highest BCUT2D eigenvalue weighted by Gasteiger charge is 2.33. The number of aromatic nitrogens is 1. The maximum absolute atomic E-state index is 12.8. The number of amides is 1. The van der Waals surface area contributed by atoms with Crippen LogP contribution in [0.15, 0.2) is 48.7 Å². The Morgan fingerprint density at radius 1 is 1.06 bits per heavy atom. The highest BCUT2D eigenvalue weighted by atomic mass is 32.2. The number of nitrogens with one attached hydrogen (secondary N) is 1. The average Bonchev–Trinajstić information content (AvgIpc) is 2.71. The van der Waals surface area contributed by atoms with Crippen LogP contribution in [-0.2, 0) is 19.1 Å². The lowest BCUT2D eigenvalue weighted by Gasteiger charge is -2.26. The zero-order valence-corrected chi connectivity index (χ0v) is 19.9. The molecule has 2 aromatic rings. The van der Waals surface area contributed by atoms with Gasteiger partial charge in [0.15, 0.2) is 5.12 Å². The van der Waals surface area contributed by atoms with Crippen molar-refractivity contribution in [3.8, 4) is 0 Å². The van der Waals surface area contributed by atoms with Crippen molar-refractivity contribution in [3.63, 3.8) is 0 Å². The fourth-order valence-corrected chi connectivity index (χ4v) is 3.89. The molecule has 7 nitrogen and oxygen atoms in total. The molecule has 0 aliphatic heterocycles. The number of thioether (sulfide) groups is 1. The lowest BCUT2D eigenvalue weighted by molar-refractivity contribution is -0.147. The van der Waals surface area contributed by atoms with Gasteiger partial charge in [-0.2, -0.15) is 0 Å². The molecule has 1 aromatic heterocycles. The van der Waals surface area contributed by atoms with Crippen LogP contribution in [0.25, 0.3) is 0 Å². The van der Waals surface area contributed by atoms with Crippen LogP contribution in [0.4, 0.5) is 10.6 Å². The van der Waals surface area contributed by atoms with E-state index >= 15 is 0 Å². The zero-order valence-electron chi connectivity index (χ0n) is 19.1. The molecule has 172 valence electrons. The van der Waals surface area contributed by atoms with Crippen LogP contribution in [0.3, 0.4) is 0 Å². The van der Waals surface area contributed by atoms with Gasteiger partial charge in [-0.25, -0.2) is 9.78 Å². The predicted molar refractivity (Wildman–Crippen MR) is 126 cm³/mol. The van der Waals surface area contributed by atoms with Gasteiger partial charge in [0.25, 0.3) is 0 Å². The molecule has 1 amide bonds. The Hall–Kier alpha value is -2.87. The van der Waals surface area contributed by atoms with Crippen molar-refractivity contribution in [1.29, 1.82) is 0 Å². The fraction of sp³-hybridized carbons (Fsp3) is 0.417. The number of carbonyl (C=O) groups is 3. The van der Waals surface area contributed by atoms with Crippen LogP contribution in [-0.4, -0.2) is 40.1 Å². The molecule has 2 rings (SSSR count). The summed E-state index contributed by atoms with van der Waals surface area (Å²) in [6, 6.07) is 13.0. The first kappa shape index (κ1) is 25.4. The maximum Gasteiger partial charge on any atom is 0.413 e. The predicted octanol–water partition coefficient (Wildman–Crippen LogP) is 5.02. The third-order valence-electron chi connectivity index (χ3n) is 4.39. The largest absolute Gasteiger partial charge is 0.466 e. The third-order valence-corrected chi connectivity index (χ3v) is 5.32. The minimum atomic E-state index is -0.621. The molecule has 0 spiro atoms. The van der Waals surface area contributed by atoms with Gasteiger partial charge in [0, 0.05) is 24.8 Å². The number of rotatable bonds is 8. The average molecular weight is 459 g/mol. The van der Waals surface area contributed by atoms with Crippen LogP contribution in [0.1, 0.15) is 51.7 Å². The molecule has 0 radical (unpaired) electrons. The van der Waals surface area contributed by atoms with Crippen LogP contribution >= 0.6 is 11.8 Å². The van der Waals surface area contributed by atoms with Gasteiger partial charge in [-0.1, -0.05) is 48.2 Å². The first-order chi connectivity index (χ1) is 15.1. The van der Waals surface area contributed by atoms with Crippen LogP contribution < -0.4 is 5.32 Å². The van der Waals surface area contributed by atoms with E-state index in [4.69, 9.17) is 9.47 Å². The Bertz CT molecular complexity index is 910. The third kappa shape index (κ3) is 8.00. The highest BCUT2D eigenvalue weighted by Crippen LogP contribution is 2.35. The summed E-state index contributed by atoms with van der Waals surface area (Å²) >= 11 is 1.09. The summed E-state index contributed by atoms with van der Waals surface area (Å²) in [5.41, 5.74) is 1.06. The molecule has 0 fully saturated rings. The second-order valence-corrected chi connectivity index (χ2v) is 9.35. The van der Waals surface area contributed by atoms with Gasteiger partial charge in [0.05, 0.1) is 12.5 Å². The van der Waals surface area contributed by atoms with Gasteiger partial charge in [-0.3, -0.25) is 14.9 Å². The molecule has 0 aliphatic carbocycles. The lowest BCUT2D eigenvalue weighted by atomic mass is 9.82. The van der Waals surface area contributed by atoms with Crippen LogP contribution in [0, 0.1) is 5.92 Å². The van der Waals surface area contributed by atoms with E-state index in [9.17, 15) is 14.4 Å². The topological polar surface area (TPSA) is 94.6 Å². The summed E-state index contributed by atoms with van der Waals surface area (Å²) < 4.78 is 10.6. The van der Waals surface area contributed by atoms with Gasteiger partial charge in [0.1, 0.15) is 11.4 Å². The minimum absolute atomic E-state index is 0.0684. The van der Waals surface area contributed by atoms with Crippen molar-refractivity contribution in [2.45, 2.75) is 46.1 Å². The standard InChI is InChI=1S/C24H30N2O5S/c1-6-30-22(28)19(15-32-16(2)27)21(17-10-8-7-9-11-17)18-12-13-20(25-14-18)26-23(29)31-24(3,4)5/h7-14,19,21H,6,15H2,1-5H3,(H,25,26,29). The van der Waals surface area contributed by atoms with E-state index in [1.807, 2.05) is 36.4 Å². The first-order valence-corrected chi connectivity index (χ1v) is 11.4. The summed E-state index contributed by atoms with van der Waals surface area (Å²) in [5, 5.41) is 2.54. The quantitative estimate of drug-likeness (QED) is 0.555. The maximum atomic E-state index is 12.8. The summed E-state index contributed by atoms with van der Waals surface area (Å²) in [4.78, 5) is 40.8. The van der Waals surface area contributed by atoms with Crippen molar-refractivity contribution < 1.29 is 23.9 Å². The number of hydrogen-bond donors (Lipinski definition) is 1. The number of ether oxygens (including phenoxy) is 2. The molecule has 2 atom stereocenters. The number of carbonyl (C=O) groups excluding carboxylic acids is 3. The molecule has 8 heteroatoms. The van der Waals surface area contributed by atoms with E-state index < -0.39 is 17.6 Å². The monoisotopic (exact) mass is 458 g/mol. The molecule has 32 heavy (non-hydrogen) atoms. The van der Waals surface area contributed by atoms with Crippen molar-refractivity contribution in [2.24, 2.45) is 5.92 Å². The fourth-order valence-electron chi connectivity index (χ4n) is 3.15. The van der Waals surface area contributed by atoms with E-state index in [0.717, 1.165) is 22.9 Å². The molecule has 2 unspecified atom stereocenters. The number of hydrogen-bond acceptors (Lipinski definition) is 7. The summed E-state index contributed by atoms with van der Waals surface area (Å²) in [7, 11) is 0. The Labute approximate surface area is 193 Å². The molecule has 0 aliphatic rings. The van der Waals surface area contributed by atoms with Gasteiger partial charge in [-0.15, -0.1) is 0 Å². The number of pyridine rings is 1. The number of benzene rings is 1. The molecule has 0 bridgehead atoms. The van der Waals surface area contributed by atoms with Crippen molar-refractivity contribution >= 4 is 34.8 Å². The van der Waals surface area contributed by atoms with Crippen LogP contribution in [0.2, 0.25) is 0 Å². The van der Waals surface area contributed by atoms with Crippen molar-refractivity contribution in [1.82, 2.24) is 4.98 Å². The number of anilines is 1. The van der Waals surface area contributed by atoms with E-state index in [1.165, 1.54) is 6.92 Å². The van der Waals surface area contributed by atoms with Crippen molar-refractivity contribution in [2.75, 3.05) is 17.7 Å². The van der Waals surface area contributed by atoms with Gasteiger partial charge < -0.3 is 9.47 Å². The second-order valence-electron chi connectivity index (χ2n) is 8.15. The summed E-state index contributed by atoms with van der Waals surface area (Å²) in [5.74, 6) is -0.708. The molecule has 0 saturated carbocycles. The molecule has 1 N–H and O–H groups in total. The van der Waals surface area contributed by atoms with Crippen LogP contribution in [0.5, 0.6) is 0 Å². The Balaban J connectivity index is 2.36. The Morgan fingerprint density at radius 3 is 2.28 bits per heavy atom. The SMILES string of the molecule is CCOC(=O)C(CSC(C)=O)C(c1ccccc1)c1ccc(NC(=O)OC(C)(C)C)nc1. The van der Waals surface area contributed by atoms with E-state index in [2.05, 4.69) is 10.3 Å². The minimum Gasteiger partial charge on any atom is -0.466 e. The highest BCUT2D eigenvalue weighted by molar-refractivity contribution is 8.13. The first-order valence-electron chi connectivity index (χ1n) is 10.4. The Kier molecular flexibility index (Phi) is 9.26. The number of nitrogens with zero attached hydrogens (tertiary/aromatic N) is 1. The van der Waals surface area contributed by atoms with Gasteiger partial charge in [-0.05, 0) is 44.9 Å². The molecule has 1 heterocycles. The molecule has 0 saturated heterocycles. The smallest absolute Gasteiger partial charge is 0.413 e. The second kappa shape index (κ2) is 11.7. The number of esters is 1. The lowest BCUT2D eigenvalue weighted by Crippen LogP contribution is -2.28. The molecule has 1 aromatic carbocycles. The van der Waals surface area contributed by atoms with Crippen molar-refractivity contribution in [3.05, 3.63) is 59.8 Å². The Morgan fingerprint density at radius 2 is 1.75 bits per heavy atom. The van der Waals surface area contributed by atoms with Gasteiger partial charge >= 0.3 is 12.1 Å². The van der Waals surface area contributed by atoms with Gasteiger partial charge in [0.2, 0.25) is 0 Å².